The van der Waals surface area contributed by atoms with E-state index in [1.54, 1.807) is 38.3 Å². The fourth-order valence-electron chi connectivity index (χ4n) is 2.65. The average molecular weight is 236 g/mol. The zero-order valence-electron chi connectivity index (χ0n) is 9.93. The van der Waals surface area contributed by atoms with Crippen molar-refractivity contribution in [2.24, 2.45) is 0 Å². The van der Waals surface area contributed by atoms with Crippen LogP contribution < -0.4 is 4.74 Å². The molecule has 92 valence electrons. The van der Waals surface area contributed by atoms with Gasteiger partial charge in [-0.3, -0.25) is 4.79 Å². The van der Waals surface area contributed by atoms with Crippen molar-refractivity contribution in [1.82, 2.24) is 0 Å². The summed E-state index contributed by atoms with van der Waals surface area (Å²) in [6.07, 6.45) is 0.477. The van der Waals surface area contributed by atoms with Crippen LogP contribution in [0.5, 0.6) is 5.75 Å². The molecule has 1 aromatic rings. The quantitative estimate of drug-likeness (QED) is 0.835. The zero-order valence-corrected chi connectivity index (χ0v) is 9.93. The van der Waals surface area contributed by atoms with E-state index >= 15 is 0 Å². The van der Waals surface area contributed by atoms with Crippen LogP contribution in [0.25, 0.3) is 0 Å². The lowest BCUT2D eigenvalue weighted by Crippen LogP contribution is -2.57. The van der Waals surface area contributed by atoms with Gasteiger partial charge in [-0.15, -0.1) is 0 Å². The summed E-state index contributed by atoms with van der Waals surface area (Å²) in [7, 11) is 1.55. The van der Waals surface area contributed by atoms with Crippen molar-refractivity contribution in [3.05, 3.63) is 29.8 Å². The Morgan fingerprint density at radius 1 is 1.41 bits per heavy atom. The van der Waals surface area contributed by atoms with Crippen LogP contribution in [0, 0.1) is 0 Å². The minimum absolute atomic E-state index is 0.239. The van der Waals surface area contributed by atoms with Gasteiger partial charge in [-0.25, -0.2) is 0 Å². The molecule has 0 aromatic heterocycles. The molecular formula is C13H16O4. The highest BCUT2D eigenvalue weighted by Crippen LogP contribution is 2.50. The highest BCUT2D eigenvalue weighted by molar-refractivity contribution is 5.83. The van der Waals surface area contributed by atoms with Crippen molar-refractivity contribution < 1.29 is 19.7 Å². The van der Waals surface area contributed by atoms with Gasteiger partial charge in [0, 0.05) is 0 Å². The third-order valence-electron chi connectivity index (χ3n) is 3.40. The summed E-state index contributed by atoms with van der Waals surface area (Å²) in [5, 5.41) is 19.2. The van der Waals surface area contributed by atoms with E-state index in [4.69, 9.17) is 4.74 Å². The second-order valence-corrected chi connectivity index (χ2v) is 4.97. The maximum Gasteiger partial charge on any atom is 0.314 e. The van der Waals surface area contributed by atoms with E-state index in [9.17, 15) is 15.0 Å². The van der Waals surface area contributed by atoms with Gasteiger partial charge in [0.1, 0.15) is 5.75 Å². The van der Waals surface area contributed by atoms with Crippen LogP contribution in [0.4, 0.5) is 0 Å². The topological polar surface area (TPSA) is 66.8 Å². The molecule has 1 saturated carbocycles. The Hall–Kier alpha value is -1.55. The Kier molecular flexibility index (Phi) is 2.62. The number of ether oxygens (including phenoxy) is 1. The van der Waals surface area contributed by atoms with E-state index in [2.05, 4.69) is 0 Å². The summed E-state index contributed by atoms with van der Waals surface area (Å²) in [5.41, 5.74) is -1.17. The second-order valence-electron chi connectivity index (χ2n) is 4.97. The number of carboxylic acids is 1. The molecule has 0 unspecified atom stereocenters. The molecule has 0 amide bonds. The number of aliphatic carboxylic acids is 1. The normalized spacial score (nSPS) is 31.7. The average Bonchev–Trinajstić information content (AvgIpc) is 2.25. The lowest BCUT2D eigenvalue weighted by Gasteiger charge is -2.49. The summed E-state index contributed by atoms with van der Waals surface area (Å²) >= 11 is 0. The van der Waals surface area contributed by atoms with Crippen LogP contribution in [0.2, 0.25) is 0 Å². The maximum absolute atomic E-state index is 11.4. The van der Waals surface area contributed by atoms with Crippen LogP contribution >= 0.6 is 0 Å². The van der Waals surface area contributed by atoms with E-state index in [-0.39, 0.29) is 12.8 Å². The SMILES string of the molecule is COc1cccc(C2(C(=O)O)CC(C)(O)C2)c1. The summed E-state index contributed by atoms with van der Waals surface area (Å²) < 4.78 is 5.09. The highest BCUT2D eigenvalue weighted by Gasteiger charge is 2.57. The molecule has 0 bridgehead atoms. The Labute approximate surface area is 99.8 Å². The van der Waals surface area contributed by atoms with Crippen LogP contribution in [-0.4, -0.2) is 28.9 Å². The number of hydrogen-bond donors (Lipinski definition) is 2. The third-order valence-corrected chi connectivity index (χ3v) is 3.40. The summed E-state index contributed by atoms with van der Waals surface area (Å²) in [6.45, 7) is 1.66. The van der Waals surface area contributed by atoms with Gasteiger partial charge in [0.2, 0.25) is 0 Å². The molecule has 1 aromatic carbocycles. The minimum atomic E-state index is -0.974. The van der Waals surface area contributed by atoms with E-state index < -0.39 is 17.0 Å². The Morgan fingerprint density at radius 3 is 2.53 bits per heavy atom. The predicted molar refractivity (Wildman–Crippen MR) is 62.2 cm³/mol. The highest BCUT2D eigenvalue weighted by atomic mass is 16.5. The third kappa shape index (κ3) is 1.89. The maximum atomic E-state index is 11.4. The van der Waals surface area contributed by atoms with Crippen LogP contribution in [0.1, 0.15) is 25.3 Å². The molecule has 1 fully saturated rings. The number of hydrogen-bond acceptors (Lipinski definition) is 3. The molecule has 17 heavy (non-hydrogen) atoms. The minimum Gasteiger partial charge on any atom is -0.497 e. The number of benzene rings is 1. The smallest absolute Gasteiger partial charge is 0.314 e. The Bertz CT molecular complexity index is 442. The zero-order chi connectivity index (χ0) is 12.7. The van der Waals surface area contributed by atoms with Gasteiger partial charge >= 0.3 is 5.97 Å². The number of aliphatic hydroxyl groups is 1. The lowest BCUT2D eigenvalue weighted by molar-refractivity contribution is -0.162. The van der Waals surface area contributed by atoms with E-state index in [0.29, 0.717) is 11.3 Å². The molecular weight excluding hydrogens is 220 g/mol. The van der Waals surface area contributed by atoms with Gasteiger partial charge < -0.3 is 14.9 Å². The summed E-state index contributed by atoms with van der Waals surface area (Å²) in [5.74, 6) is -0.257. The van der Waals surface area contributed by atoms with Crippen molar-refractivity contribution in [3.63, 3.8) is 0 Å². The van der Waals surface area contributed by atoms with Gasteiger partial charge in [0.15, 0.2) is 0 Å². The lowest BCUT2D eigenvalue weighted by atomic mass is 9.56. The van der Waals surface area contributed by atoms with Gasteiger partial charge in [-0.1, -0.05) is 12.1 Å². The summed E-state index contributed by atoms with van der Waals surface area (Å²) in [6, 6.07) is 7.04. The van der Waals surface area contributed by atoms with Crippen molar-refractivity contribution in [1.29, 1.82) is 0 Å². The van der Waals surface area contributed by atoms with Crippen LogP contribution in [0.3, 0.4) is 0 Å². The predicted octanol–water partition coefficient (Wildman–Crippen LogP) is 1.56. The molecule has 2 rings (SSSR count). The fraction of sp³-hybridized carbons (Fsp3) is 0.462. The van der Waals surface area contributed by atoms with Gasteiger partial charge in [-0.2, -0.15) is 0 Å². The molecule has 4 heteroatoms. The first-order chi connectivity index (χ1) is 7.89. The second kappa shape index (κ2) is 3.74. The molecule has 0 aliphatic heterocycles. The van der Waals surface area contributed by atoms with Crippen molar-refractivity contribution >= 4 is 5.97 Å². The first-order valence-electron chi connectivity index (χ1n) is 5.50. The molecule has 0 spiro atoms. The number of methoxy groups -OCH3 is 1. The van der Waals surface area contributed by atoms with Crippen molar-refractivity contribution in [2.45, 2.75) is 30.8 Å². The molecule has 0 radical (unpaired) electrons. The van der Waals surface area contributed by atoms with Gasteiger partial charge in [-0.05, 0) is 37.5 Å². The van der Waals surface area contributed by atoms with Gasteiger partial charge in [0.25, 0.3) is 0 Å². The fourth-order valence-corrected chi connectivity index (χ4v) is 2.65. The molecule has 1 aliphatic carbocycles. The Morgan fingerprint density at radius 2 is 2.06 bits per heavy atom. The van der Waals surface area contributed by atoms with Crippen molar-refractivity contribution in [2.75, 3.05) is 7.11 Å². The molecule has 2 N–H and O–H groups in total. The first kappa shape index (κ1) is 11.9. The number of carboxylic acid groups (broad SMARTS) is 1. The van der Waals surface area contributed by atoms with Crippen LogP contribution in [-0.2, 0) is 10.2 Å². The molecule has 0 saturated heterocycles. The Balaban J connectivity index is 2.38. The van der Waals surface area contributed by atoms with E-state index in [1.807, 2.05) is 0 Å². The largest absolute Gasteiger partial charge is 0.497 e. The van der Waals surface area contributed by atoms with Crippen molar-refractivity contribution in [3.8, 4) is 5.75 Å². The van der Waals surface area contributed by atoms with Crippen LogP contribution in [0.15, 0.2) is 24.3 Å². The monoisotopic (exact) mass is 236 g/mol. The van der Waals surface area contributed by atoms with E-state index in [1.165, 1.54) is 0 Å². The molecule has 0 heterocycles. The standard InChI is InChI=1S/C13H16O4/c1-12(16)7-13(8-12,11(14)15)9-4-3-5-10(6-9)17-2/h3-6,16H,7-8H2,1-2H3,(H,14,15). The number of carbonyl (C=O) groups is 1. The first-order valence-corrected chi connectivity index (χ1v) is 5.50. The number of rotatable bonds is 3. The van der Waals surface area contributed by atoms with Gasteiger partial charge in [0.05, 0.1) is 18.1 Å². The molecule has 0 atom stereocenters. The molecule has 4 nitrogen and oxygen atoms in total. The molecule has 1 aliphatic rings. The summed E-state index contributed by atoms with van der Waals surface area (Å²) in [4.78, 5) is 11.4. The van der Waals surface area contributed by atoms with E-state index in [0.717, 1.165) is 0 Å².